The Morgan fingerprint density at radius 1 is 1.54 bits per heavy atom. The van der Waals surface area contributed by atoms with E-state index in [1.165, 1.54) is 0 Å². The van der Waals surface area contributed by atoms with Crippen molar-refractivity contribution in [3.05, 3.63) is 29.6 Å². The summed E-state index contributed by atoms with van der Waals surface area (Å²) in [6, 6.07) is 5.68. The molecule has 72 valence electrons. The van der Waals surface area contributed by atoms with Gasteiger partial charge in [0.05, 0.1) is 17.5 Å². The minimum atomic E-state index is -0.00211. The summed E-state index contributed by atoms with van der Waals surface area (Å²) < 4.78 is 5.13. The van der Waals surface area contributed by atoms with E-state index in [1.807, 2.05) is 25.1 Å². The van der Waals surface area contributed by atoms with Crippen LogP contribution in [0.15, 0.2) is 18.2 Å². The molecule has 1 unspecified atom stereocenters. The molecule has 4 heteroatoms. The molecule has 1 aromatic heterocycles. The van der Waals surface area contributed by atoms with Crippen molar-refractivity contribution in [1.29, 1.82) is 0 Å². The van der Waals surface area contributed by atoms with Gasteiger partial charge in [-0.25, -0.2) is 5.90 Å². The Kier molecular flexibility index (Phi) is 3.82. The van der Waals surface area contributed by atoms with E-state index >= 15 is 0 Å². The number of nitrogens with two attached hydrogens (primary N) is 1. The van der Waals surface area contributed by atoms with Crippen LogP contribution >= 0.6 is 0 Å². The predicted octanol–water partition coefficient (Wildman–Crippen LogP) is 1.18. The first kappa shape index (κ1) is 10.1. The maximum absolute atomic E-state index is 5.13. The summed E-state index contributed by atoms with van der Waals surface area (Å²) in [5.41, 5.74) is 1.70. The zero-order chi connectivity index (χ0) is 9.68. The van der Waals surface area contributed by atoms with Gasteiger partial charge in [-0.2, -0.15) is 0 Å². The second kappa shape index (κ2) is 4.91. The molecule has 0 aliphatic carbocycles. The molecule has 0 aliphatic rings. The van der Waals surface area contributed by atoms with E-state index in [0.29, 0.717) is 6.61 Å². The van der Waals surface area contributed by atoms with Gasteiger partial charge in [0.25, 0.3) is 0 Å². The molecule has 0 saturated carbocycles. The molecule has 1 aromatic rings. The number of hydrogen-bond acceptors (Lipinski definition) is 4. The van der Waals surface area contributed by atoms with Crippen molar-refractivity contribution < 1.29 is 9.57 Å². The molecule has 0 aliphatic heterocycles. The molecule has 0 aromatic carbocycles. The summed E-state index contributed by atoms with van der Waals surface area (Å²) in [6.07, 6.45) is -0.00211. The maximum atomic E-state index is 5.13. The number of aromatic nitrogens is 1. The Morgan fingerprint density at radius 2 is 2.31 bits per heavy atom. The standard InChI is InChI=1S/C9H14N2O2/c1-7(12-2)9-5-3-4-8(11-9)6-13-10/h3-5,7H,6,10H2,1-2H3. The van der Waals surface area contributed by atoms with Gasteiger partial charge in [0.1, 0.15) is 6.61 Å². The van der Waals surface area contributed by atoms with Crippen LogP contribution in [0.5, 0.6) is 0 Å². The molecule has 4 nitrogen and oxygen atoms in total. The van der Waals surface area contributed by atoms with Crippen LogP contribution < -0.4 is 5.90 Å². The Morgan fingerprint density at radius 3 is 2.92 bits per heavy atom. The smallest absolute Gasteiger partial charge is 0.110 e. The lowest BCUT2D eigenvalue weighted by molar-refractivity contribution is 0.110. The first-order valence-corrected chi connectivity index (χ1v) is 4.08. The highest BCUT2D eigenvalue weighted by Gasteiger charge is 2.05. The van der Waals surface area contributed by atoms with Crippen molar-refractivity contribution in [2.75, 3.05) is 7.11 Å². The predicted molar refractivity (Wildman–Crippen MR) is 48.6 cm³/mol. The van der Waals surface area contributed by atoms with Gasteiger partial charge in [-0.1, -0.05) is 6.07 Å². The summed E-state index contributed by atoms with van der Waals surface area (Å²) in [4.78, 5) is 8.80. The van der Waals surface area contributed by atoms with Crippen LogP contribution in [0.2, 0.25) is 0 Å². The van der Waals surface area contributed by atoms with Crippen molar-refractivity contribution in [2.45, 2.75) is 19.6 Å². The highest BCUT2D eigenvalue weighted by molar-refractivity contribution is 5.12. The topological polar surface area (TPSA) is 57.4 Å². The quantitative estimate of drug-likeness (QED) is 0.710. The van der Waals surface area contributed by atoms with E-state index < -0.39 is 0 Å². The molecule has 1 rings (SSSR count). The van der Waals surface area contributed by atoms with Crippen LogP contribution in [0.25, 0.3) is 0 Å². The van der Waals surface area contributed by atoms with E-state index in [1.54, 1.807) is 7.11 Å². The molecule has 1 atom stereocenters. The number of rotatable bonds is 4. The largest absolute Gasteiger partial charge is 0.375 e. The zero-order valence-electron chi connectivity index (χ0n) is 7.86. The van der Waals surface area contributed by atoms with Crippen LogP contribution in [-0.2, 0) is 16.2 Å². The Balaban J connectivity index is 2.78. The Labute approximate surface area is 77.6 Å². The fraction of sp³-hybridized carbons (Fsp3) is 0.444. The lowest BCUT2D eigenvalue weighted by atomic mass is 10.2. The molecule has 0 spiro atoms. The van der Waals surface area contributed by atoms with E-state index in [2.05, 4.69) is 9.82 Å². The van der Waals surface area contributed by atoms with Gasteiger partial charge in [-0.15, -0.1) is 0 Å². The summed E-state index contributed by atoms with van der Waals surface area (Å²) in [5.74, 6) is 4.95. The monoisotopic (exact) mass is 182 g/mol. The Bertz CT molecular complexity index is 266. The maximum Gasteiger partial charge on any atom is 0.110 e. The fourth-order valence-corrected chi connectivity index (χ4v) is 1.01. The summed E-state index contributed by atoms with van der Waals surface area (Å²) >= 11 is 0. The van der Waals surface area contributed by atoms with Crippen LogP contribution in [0.1, 0.15) is 24.4 Å². The van der Waals surface area contributed by atoms with E-state index in [-0.39, 0.29) is 6.10 Å². The van der Waals surface area contributed by atoms with Gasteiger partial charge < -0.3 is 4.74 Å². The first-order valence-electron chi connectivity index (χ1n) is 4.08. The SMILES string of the molecule is COC(C)c1cccc(CON)n1. The molecule has 13 heavy (non-hydrogen) atoms. The van der Waals surface area contributed by atoms with Crippen molar-refractivity contribution in [3.63, 3.8) is 0 Å². The van der Waals surface area contributed by atoms with E-state index in [4.69, 9.17) is 10.6 Å². The molecule has 0 bridgehead atoms. The molecular formula is C9H14N2O2. The minimum absolute atomic E-state index is 0.00211. The van der Waals surface area contributed by atoms with Gasteiger partial charge in [0.15, 0.2) is 0 Å². The lowest BCUT2D eigenvalue weighted by Crippen LogP contribution is -2.05. The number of pyridine rings is 1. The molecule has 1 heterocycles. The lowest BCUT2D eigenvalue weighted by Gasteiger charge is -2.09. The van der Waals surface area contributed by atoms with Crippen molar-refractivity contribution in [3.8, 4) is 0 Å². The van der Waals surface area contributed by atoms with Gasteiger partial charge >= 0.3 is 0 Å². The van der Waals surface area contributed by atoms with Gasteiger partial charge in [0.2, 0.25) is 0 Å². The van der Waals surface area contributed by atoms with Gasteiger partial charge in [0, 0.05) is 7.11 Å². The van der Waals surface area contributed by atoms with E-state index in [0.717, 1.165) is 11.4 Å². The molecular weight excluding hydrogens is 168 g/mol. The normalized spacial score (nSPS) is 12.8. The van der Waals surface area contributed by atoms with Crippen LogP contribution in [-0.4, -0.2) is 12.1 Å². The van der Waals surface area contributed by atoms with Crippen LogP contribution in [0, 0.1) is 0 Å². The zero-order valence-corrected chi connectivity index (χ0v) is 7.86. The third-order valence-corrected chi connectivity index (χ3v) is 1.83. The number of nitrogens with zero attached hydrogens (tertiary/aromatic N) is 1. The second-order valence-electron chi connectivity index (χ2n) is 2.74. The average Bonchev–Trinajstić information content (AvgIpc) is 2.18. The third-order valence-electron chi connectivity index (χ3n) is 1.83. The van der Waals surface area contributed by atoms with Gasteiger partial charge in [-0.3, -0.25) is 9.82 Å². The van der Waals surface area contributed by atoms with Crippen LogP contribution in [0.3, 0.4) is 0 Å². The number of methoxy groups -OCH3 is 1. The fourth-order valence-electron chi connectivity index (χ4n) is 1.01. The minimum Gasteiger partial charge on any atom is -0.375 e. The molecule has 0 saturated heterocycles. The molecule has 0 amide bonds. The van der Waals surface area contributed by atoms with E-state index in [9.17, 15) is 0 Å². The third kappa shape index (κ3) is 2.77. The molecule has 0 fully saturated rings. The van der Waals surface area contributed by atoms with Crippen molar-refractivity contribution in [1.82, 2.24) is 4.98 Å². The first-order chi connectivity index (χ1) is 6.27. The summed E-state index contributed by atoms with van der Waals surface area (Å²) in [7, 11) is 1.65. The highest BCUT2D eigenvalue weighted by Crippen LogP contribution is 2.13. The summed E-state index contributed by atoms with van der Waals surface area (Å²) in [6.45, 7) is 2.26. The average molecular weight is 182 g/mol. The van der Waals surface area contributed by atoms with Gasteiger partial charge in [-0.05, 0) is 19.1 Å². The number of hydrogen-bond donors (Lipinski definition) is 1. The van der Waals surface area contributed by atoms with Crippen molar-refractivity contribution >= 4 is 0 Å². The number of ether oxygens (including phenoxy) is 1. The summed E-state index contributed by atoms with van der Waals surface area (Å²) in [5, 5.41) is 0. The van der Waals surface area contributed by atoms with Crippen molar-refractivity contribution in [2.24, 2.45) is 5.90 Å². The molecule has 0 radical (unpaired) electrons. The highest BCUT2D eigenvalue weighted by atomic mass is 16.6. The Hall–Kier alpha value is -0.970. The van der Waals surface area contributed by atoms with Crippen LogP contribution in [0.4, 0.5) is 0 Å². The molecule has 2 N–H and O–H groups in total. The second-order valence-corrected chi connectivity index (χ2v) is 2.74.